The van der Waals surface area contributed by atoms with E-state index in [4.69, 9.17) is 5.11 Å². The summed E-state index contributed by atoms with van der Waals surface area (Å²) in [4.78, 5) is 24.4. The summed E-state index contributed by atoms with van der Waals surface area (Å²) < 4.78 is 0. The summed E-state index contributed by atoms with van der Waals surface area (Å²) in [6.07, 6.45) is 5.50. The van der Waals surface area contributed by atoms with Crippen molar-refractivity contribution in [3.05, 3.63) is 100 Å². The number of carbonyl (C=O) groups excluding carboxylic acids is 1. The lowest BCUT2D eigenvalue weighted by molar-refractivity contribution is 0.0696. The number of allylic oxidation sites excluding steroid dienone is 1. The Bertz CT molecular complexity index is 1270. The predicted octanol–water partition coefficient (Wildman–Crippen LogP) is 7.61. The average Bonchev–Trinajstić information content (AvgIpc) is 2.80. The highest BCUT2D eigenvalue weighted by atomic mass is 16.4. The molecule has 0 aromatic heterocycles. The molecule has 3 aromatic carbocycles. The molecule has 0 spiro atoms. The van der Waals surface area contributed by atoms with E-state index in [1.807, 2.05) is 6.07 Å². The Morgan fingerprint density at radius 1 is 0.824 bits per heavy atom. The SMILES string of the molecule is Cc1ccc(-c2cc(C(=O)/C=C\c3ccc(C(=O)O)cc3)cc3c2C(C)(C)CCC3(C)C)cc1. The van der Waals surface area contributed by atoms with Crippen LogP contribution in [0.3, 0.4) is 0 Å². The molecule has 1 N–H and O–H groups in total. The van der Waals surface area contributed by atoms with Crippen molar-refractivity contribution in [2.24, 2.45) is 0 Å². The molecule has 3 nitrogen and oxygen atoms in total. The second-order valence-corrected chi connectivity index (χ2v) is 10.7. The first kappa shape index (κ1) is 23.7. The zero-order chi connectivity index (χ0) is 24.7. The van der Waals surface area contributed by atoms with E-state index in [-0.39, 0.29) is 22.2 Å². The fourth-order valence-electron chi connectivity index (χ4n) is 4.90. The fourth-order valence-corrected chi connectivity index (χ4v) is 4.90. The van der Waals surface area contributed by atoms with Gasteiger partial charge in [0.25, 0.3) is 0 Å². The Morgan fingerprint density at radius 3 is 2.06 bits per heavy atom. The molecule has 0 saturated carbocycles. The summed E-state index contributed by atoms with van der Waals surface area (Å²) in [6.45, 7) is 11.2. The van der Waals surface area contributed by atoms with Crippen LogP contribution in [0.2, 0.25) is 0 Å². The van der Waals surface area contributed by atoms with Crippen LogP contribution in [-0.4, -0.2) is 16.9 Å². The molecule has 0 bridgehead atoms. The largest absolute Gasteiger partial charge is 0.478 e. The summed E-state index contributed by atoms with van der Waals surface area (Å²) in [5, 5.41) is 9.08. The number of hydrogen-bond acceptors (Lipinski definition) is 2. The zero-order valence-electron chi connectivity index (χ0n) is 20.6. The Balaban J connectivity index is 1.80. The molecular formula is C31H32O3. The molecular weight excluding hydrogens is 420 g/mol. The number of rotatable bonds is 5. The van der Waals surface area contributed by atoms with Crippen LogP contribution in [-0.2, 0) is 10.8 Å². The third kappa shape index (κ3) is 4.61. The molecule has 1 aliphatic carbocycles. The summed E-state index contributed by atoms with van der Waals surface area (Å²) in [7, 11) is 0. The molecule has 3 aromatic rings. The van der Waals surface area contributed by atoms with Gasteiger partial charge in [0.05, 0.1) is 5.56 Å². The number of carboxylic acid groups (broad SMARTS) is 1. The van der Waals surface area contributed by atoms with Gasteiger partial charge in [0.15, 0.2) is 5.78 Å². The third-order valence-corrected chi connectivity index (χ3v) is 7.15. The number of aromatic carboxylic acids is 1. The van der Waals surface area contributed by atoms with Gasteiger partial charge in [-0.1, -0.05) is 75.7 Å². The first-order valence-corrected chi connectivity index (χ1v) is 11.8. The molecule has 4 rings (SSSR count). The second kappa shape index (κ2) is 8.72. The minimum atomic E-state index is -0.963. The topological polar surface area (TPSA) is 54.4 Å². The van der Waals surface area contributed by atoms with Gasteiger partial charge in [-0.05, 0) is 88.8 Å². The number of hydrogen-bond donors (Lipinski definition) is 1. The van der Waals surface area contributed by atoms with E-state index in [1.165, 1.54) is 16.7 Å². The number of aryl methyl sites for hydroxylation is 1. The minimum absolute atomic E-state index is 0.0169. The molecule has 0 fully saturated rings. The standard InChI is InChI=1S/C31H32O3/c1-20-6-11-22(12-7-20)25-18-24(19-26-28(25)31(4,5)17-16-30(26,2)3)27(32)15-10-21-8-13-23(14-9-21)29(33)34/h6-15,18-19H,16-17H2,1-5H3,(H,33,34)/b15-10-. The van der Waals surface area contributed by atoms with Gasteiger partial charge in [-0.2, -0.15) is 0 Å². The van der Waals surface area contributed by atoms with Crippen molar-refractivity contribution in [1.82, 2.24) is 0 Å². The predicted molar refractivity (Wildman–Crippen MR) is 139 cm³/mol. The van der Waals surface area contributed by atoms with Gasteiger partial charge in [0.2, 0.25) is 0 Å². The molecule has 1 aliphatic rings. The molecule has 174 valence electrons. The van der Waals surface area contributed by atoms with Crippen molar-refractivity contribution in [2.75, 3.05) is 0 Å². The quantitative estimate of drug-likeness (QED) is 0.320. The van der Waals surface area contributed by atoms with Crippen molar-refractivity contribution in [3.8, 4) is 11.1 Å². The smallest absolute Gasteiger partial charge is 0.335 e. The maximum absolute atomic E-state index is 13.3. The lowest BCUT2D eigenvalue weighted by Gasteiger charge is -2.43. The molecule has 0 unspecified atom stereocenters. The van der Waals surface area contributed by atoms with Crippen molar-refractivity contribution in [2.45, 2.75) is 58.3 Å². The van der Waals surface area contributed by atoms with Gasteiger partial charge < -0.3 is 5.11 Å². The average molecular weight is 453 g/mol. The van der Waals surface area contributed by atoms with E-state index in [0.29, 0.717) is 5.56 Å². The van der Waals surface area contributed by atoms with E-state index in [9.17, 15) is 9.59 Å². The van der Waals surface area contributed by atoms with Crippen LogP contribution in [0.25, 0.3) is 17.2 Å². The Labute approximate surface area is 202 Å². The highest BCUT2D eigenvalue weighted by Crippen LogP contribution is 2.49. The molecule has 0 amide bonds. The summed E-state index contributed by atoms with van der Waals surface area (Å²) in [5.74, 6) is -1.02. The van der Waals surface area contributed by atoms with Crippen molar-refractivity contribution < 1.29 is 14.7 Å². The summed E-state index contributed by atoms with van der Waals surface area (Å²) in [5.41, 5.74) is 7.78. The normalized spacial score (nSPS) is 16.3. The van der Waals surface area contributed by atoms with Crippen molar-refractivity contribution in [1.29, 1.82) is 0 Å². The van der Waals surface area contributed by atoms with E-state index in [1.54, 1.807) is 36.4 Å². The second-order valence-electron chi connectivity index (χ2n) is 10.7. The molecule has 34 heavy (non-hydrogen) atoms. The molecule has 0 radical (unpaired) electrons. The molecule has 0 atom stereocenters. The van der Waals surface area contributed by atoms with Crippen LogP contribution in [0.15, 0.2) is 66.7 Å². The van der Waals surface area contributed by atoms with Gasteiger partial charge in [-0.25, -0.2) is 4.79 Å². The van der Waals surface area contributed by atoms with Gasteiger partial charge >= 0.3 is 5.97 Å². The number of fused-ring (bicyclic) bond motifs is 1. The number of carboxylic acids is 1. The zero-order valence-corrected chi connectivity index (χ0v) is 20.6. The Kier molecular flexibility index (Phi) is 6.07. The molecule has 0 saturated heterocycles. The van der Waals surface area contributed by atoms with Crippen molar-refractivity contribution in [3.63, 3.8) is 0 Å². The fraction of sp³-hybridized carbons (Fsp3) is 0.290. The number of carbonyl (C=O) groups is 2. The van der Waals surface area contributed by atoms with Crippen LogP contribution < -0.4 is 0 Å². The van der Waals surface area contributed by atoms with Gasteiger partial charge in [-0.15, -0.1) is 0 Å². The summed E-state index contributed by atoms with van der Waals surface area (Å²) >= 11 is 0. The third-order valence-electron chi connectivity index (χ3n) is 7.15. The van der Waals surface area contributed by atoms with E-state index in [2.05, 4.69) is 65.0 Å². The number of ketones is 1. The Morgan fingerprint density at radius 2 is 1.44 bits per heavy atom. The van der Waals surface area contributed by atoms with E-state index in [0.717, 1.165) is 29.5 Å². The van der Waals surface area contributed by atoms with E-state index >= 15 is 0 Å². The van der Waals surface area contributed by atoms with Gasteiger partial charge in [0.1, 0.15) is 0 Å². The van der Waals surface area contributed by atoms with Gasteiger partial charge in [-0.3, -0.25) is 4.79 Å². The molecule has 0 aliphatic heterocycles. The molecule has 3 heteroatoms. The maximum atomic E-state index is 13.3. The van der Waals surface area contributed by atoms with Crippen LogP contribution in [0.1, 0.15) is 83.5 Å². The van der Waals surface area contributed by atoms with Crippen LogP contribution in [0, 0.1) is 6.92 Å². The number of benzene rings is 3. The first-order valence-electron chi connectivity index (χ1n) is 11.8. The van der Waals surface area contributed by atoms with Gasteiger partial charge in [0, 0.05) is 5.56 Å². The lowest BCUT2D eigenvalue weighted by Crippen LogP contribution is -2.34. The van der Waals surface area contributed by atoms with Crippen molar-refractivity contribution >= 4 is 17.8 Å². The van der Waals surface area contributed by atoms with Crippen LogP contribution >= 0.6 is 0 Å². The lowest BCUT2D eigenvalue weighted by atomic mass is 9.61. The molecule has 0 heterocycles. The Hall–Kier alpha value is -3.46. The maximum Gasteiger partial charge on any atom is 0.335 e. The highest BCUT2D eigenvalue weighted by molar-refractivity contribution is 6.08. The highest BCUT2D eigenvalue weighted by Gasteiger charge is 2.39. The van der Waals surface area contributed by atoms with E-state index < -0.39 is 5.97 Å². The minimum Gasteiger partial charge on any atom is -0.478 e. The van der Waals surface area contributed by atoms with Crippen LogP contribution in [0.5, 0.6) is 0 Å². The monoisotopic (exact) mass is 452 g/mol. The first-order chi connectivity index (χ1) is 16.0. The van der Waals surface area contributed by atoms with Crippen LogP contribution in [0.4, 0.5) is 0 Å². The summed E-state index contributed by atoms with van der Waals surface area (Å²) in [6, 6.07) is 19.2.